The Morgan fingerprint density at radius 1 is 0.851 bits per heavy atom. The molecule has 0 saturated carbocycles. The normalized spacial score (nSPS) is 11.9. The molecule has 2 amide bonds. The van der Waals surface area contributed by atoms with E-state index in [1.165, 1.54) is 37.3 Å². The zero-order chi connectivity index (χ0) is 34.1. The first-order chi connectivity index (χ1) is 22.4. The second kappa shape index (κ2) is 15.8. The maximum Gasteiger partial charge on any atom is 0.264 e. The summed E-state index contributed by atoms with van der Waals surface area (Å²) < 4.78 is 40.7. The molecule has 1 atom stereocenters. The molecular weight excluding hydrogens is 638 g/mol. The van der Waals surface area contributed by atoms with E-state index in [0.717, 1.165) is 15.4 Å². The van der Waals surface area contributed by atoms with E-state index in [1.807, 2.05) is 51.1 Å². The fourth-order valence-corrected chi connectivity index (χ4v) is 6.74. The highest BCUT2D eigenvalue weighted by molar-refractivity contribution is 7.92. The van der Waals surface area contributed by atoms with Crippen molar-refractivity contribution in [2.75, 3.05) is 25.1 Å². The molecule has 248 valence electrons. The first kappa shape index (κ1) is 35.3. The average Bonchev–Trinajstić information content (AvgIpc) is 3.05. The number of halogens is 1. The van der Waals surface area contributed by atoms with Crippen LogP contribution < -0.4 is 19.1 Å². The van der Waals surface area contributed by atoms with Gasteiger partial charge in [0, 0.05) is 30.1 Å². The summed E-state index contributed by atoms with van der Waals surface area (Å²) in [5.41, 5.74) is 2.49. The summed E-state index contributed by atoms with van der Waals surface area (Å²) in [6.45, 7) is 4.89. The third kappa shape index (κ3) is 9.05. The van der Waals surface area contributed by atoms with Gasteiger partial charge in [0.25, 0.3) is 10.0 Å². The van der Waals surface area contributed by atoms with Gasteiger partial charge in [-0.2, -0.15) is 0 Å². The number of benzene rings is 4. The number of rotatable bonds is 14. The highest BCUT2D eigenvalue weighted by Gasteiger charge is 2.36. The van der Waals surface area contributed by atoms with E-state index < -0.39 is 28.5 Å². The first-order valence-corrected chi connectivity index (χ1v) is 16.9. The molecular formula is C36H40ClN3O6S. The monoisotopic (exact) mass is 677 g/mol. The molecule has 0 aliphatic heterocycles. The molecule has 11 heteroatoms. The van der Waals surface area contributed by atoms with E-state index >= 15 is 0 Å². The first-order valence-electron chi connectivity index (χ1n) is 15.1. The van der Waals surface area contributed by atoms with Crippen LogP contribution in [-0.4, -0.2) is 58.0 Å². The van der Waals surface area contributed by atoms with Crippen molar-refractivity contribution in [3.05, 3.63) is 119 Å². The summed E-state index contributed by atoms with van der Waals surface area (Å²) in [7, 11) is -1.45. The number of nitrogens with zero attached hydrogens (tertiary/aromatic N) is 2. The summed E-state index contributed by atoms with van der Waals surface area (Å²) in [5, 5.41) is 3.41. The number of methoxy groups -OCH3 is 2. The zero-order valence-corrected chi connectivity index (χ0v) is 28.7. The molecule has 0 spiro atoms. The predicted molar refractivity (Wildman–Crippen MR) is 184 cm³/mol. The standard InChI is InChI=1S/C36H40ClN3O6S/c1-25(2)38-36(42)33(21-27-10-7-6-8-11-27)39(23-28-12-9-13-29(37)20-28)35(41)24-40(32-22-30(45-4)16-19-34(32)46-5)47(43,44)31-17-14-26(3)15-18-31/h6-20,22,25,33H,21,23-24H2,1-5H3,(H,38,42)/t33-/m0/s1. The number of aryl methyl sites for hydroxylation is 1. The maximum absolute atomic E-state index is 14.7. The molecule has 4 aromatic carbocycles. The smallest absolute Gasteiger partial charge is 0.264 e. The van der Waals surface area contributed by atoms with E-state index in [2.05, 4.69) is 5.32 Å². The lowest BCUT2D eigenvalue weighted by Gasteiger charge is -2.34. The molecule has 0 saturated heterocycles. The molecule has 0 bridgehead atoms. The number of nitrogens with one attached hydrogen (secondary N) is 1. The van der Waals surface area contributed by atoms with Crippen LogP contribution in [0, 0.1) is 6.92 Å². The van der Waals surface area contributed by atoms with Gasteiger partial charge in [0.05, 0.1) is 24.8 Å². The van der Waals surface area contributed by atoms with Crippen LogP contribution in [0.4, 0.5) is 5.69 Å². The molecule has 0 aliphatic rings. The predicted octanol–water partition coefficient (Wildman–Crippen LogP) is 6.03. The SMILES string of the molecule is COc1ccc(OC)c(N(CC(=O)N(Cc2cccc(Cl)c2)[C@@H](Cc2ccccc2)C(=O)NC(C)C)S(=O)(=O)c2ccc(C)cc2)c1. The van der Waals surface area contributed by atoms with Crippen LogP contribution in [0.3, 0.4) is 0 Å². The van der Waals surface area contributed by atoms with Gasteiger partial charge in [0.2, 0.25) is 11.8 Å². The van der Waals surface area contributed by atoms with Gasteiger partial charge in [-0.15, -0.1) is 0 Å². The highest BCUT2D eigenvalue weighted by Crippen LogP contribution is 2.36. The van der Waals surface area contributed by atoms with Crippen LogP contribution in [0.5, 0.6) is 11.5 Å². The summed E-state index contributed by atoms with van der Waals surface area (Å²) in [4.78, 5) is 29.9. The molecule has 47 heavy (non-hydrogen) atoms. The second-order valence-electron chi connectivity index (χ2n) is 11.4. The largest absolute Gasteiger partial charge is 0.497 e. The maximum atomic E-state index is 14.7. The molecule has 0 heterocycles. The van der Waals surface area contributed by atoms with Crippen molar-refractivity contribution < 1.29 is 27.5 Å². The van der Waals surface area contributed by atoms with Gasteiger partial charge in [-0.3, -0.25) is 13.9 Å². The number of hydrogen-bond acceptors (Lipinski definition) is 6. The minimum absolute atomic E-state index is 0.00390. The van der Waals surface area contributed by atoms with Crippen molar-refractivity contribution in [1.82, 2.24) is 10.2 Å². The summed E-state index contributed by atoms with van der Waals surface area (Å²) >= 11 is 6.32. The van der Waals surface area contributed by atoms with E-state index in [4.69, 9.17) is 21.1 Å². The molecule has 4 aromatic rings. The summed E-state index contributed by atoms with van der Waals surface area (Å²) in [5.74, 6) is -0.392. The molecule has 0 aromatic heterocycles. The van der Waals surface area contributed by atoms with E-state index in [1.54, 1.807) is 48.5 Å². The quantitative estimate of drug-likeness (QED) is 0.175. The molecule has 0 unspecified atom stereocenters. The van der Waals surface area contributed by atoms with Gasteiger partial charge < -0.3 is 19.7 Å². The van der Waals surface area contributed by atoms with Crippen LogP contribution in [-0.2, 0) is 32.6 Å². The number of sulfonamides is 1. The van der Waals surface area contributed by atoms with Crippen LogP contribution in [0.1, 0.15) is 30.5 Å². The highest BCUT2D eigenvalue weighted by atomic mass is 35.5. The lowest BCUT2D eigenvalue weighted by molar-refractivity contribution is -0.140. The van der Waals surface area contributed by atoms with Crippen molar-refractivity contribution in [2.45, 2.75) is 50.7 Å². The van der Waals surface area contributed by atoms with Gasteiger partial charge in [0.1, 0.15) is 24.1 Å². The Hall–Kier alpha value is -4.54. The fourth-order valence-electron chi connectivity index (χ4n) is 5.11. The third-order valence-electron chi connectivity index (χ3n) is 7.49. The second-order valence-corrected chi connectivity index (χ2v) is 13.7. The summed E-state index contributed by atoms with van der Waals surface area (Å²) in [6.07, 6.45) is 0.193. The number of hydrogen-bond donors (Lipinski definition) is 1. The number of carbonyl (C=O) groups excluding carboxylic acids is 2. The number of amides is 2. The Bertz CT molecular complexity index is 1780. The Morgan fingerprint density at radius 3 is 2.15 bits per heavy atom. The van der Waals surface area contributed by atoms with Crippen molar-refractivity contribution in [2.24, 2.45) is 0 Å². The minimum atomic E-state index is -4.33. The Morgan fingerprint density at radius 2 is 1.53 bits per heavy atom. The van der Waals surface area contributed by atoms with Crippen molar-refractivity contribution in [3.63, 3.8) is 0 Å². The van der Waals surface area contributed by atoms with Crippen molar-refractivity contribution in [3.8, 4) is 11.5 Å². The topological polar surface area (TPSA) is 105 Å². The van der Waals surface area contributed by atoms with E-state index in [0.29, 0.717) is 16.3 Å². The molecule has 0 aliphatic carbocycles. The summed E-state index contributed by atoms with van der Waals surface area (Å²) in [6, 6.07) is 26.2. The van der Waals surface area contributed by atoms with Gasteiger partial charge in [-0.25, -0.2) is 8.42 Å². The van der Waals surface area contributed by atoms with E-state index in [9.17, 15) is 18.0 Å². The van der Waals surface area contributed by atoms with Gasteiger partial charge >= 0.3 is 0 Å². The molecule has 0 fully saturated rings. The average molecular weight is 678 g/mol. The van der Waals surface area contributed by atoms with Crippen molar-refractivity contribution in [1.29, 1.82) is 0 Å². The molecule has 4 rings (SSSR count). The number of ether oxygens (including phenoxy) is 2. The Balaban J connectivity index is 1.87. The molecule has 9 nitrogen and oxygen atoms in total. The fraction of sp³-hybridized carbons (Fsp3) is 0.278. The molecule has 0 radical (unpaired) electrons. The number of anilines is 1. The number of carbonyl (C=O) groups is 2. The zero-order valence-electron chi connectivity index (χ0n) is 27.1. The van der Waals surface area contributed by atoms with Gasteiger partial charge in [-0.1, -0.05) is 71.8 Å². The van der Waals surface area contributed by atoms with Crippen LogP contribution in [0.2, 0.25) is 5.02 Å². The van der Waals surface area contributed by atoms with Crippen LogP contribution >= 0.6 is 11.6 Å². The van der Waals surface area contributed by atoms with Crippen molar-refractivity contribution >= 4 is 39.1 Å². The Labute approximate surface area is 282 Å². The van der Waals surface area contributed by atoms with Gasteiger partial charge in [-0.05, 0) is 68.3 Å². The Kier molecular flexibility index (Phi) is 11.9. The van der Waals surface area contributed by atoms with Crippen LogP contribution in [0.15, 0.2) is 102 Å². The van der Waals surface area contributed by atoms with Gasteiger partial charge in [0.15, 0.2) is 0 Å². The van der Waals surface area contributed by atoms with Crippen LogP contribution in [0.25, 0.3) is 0 Å². The lowest BCUT2D eigenvalue weighted by atomic mass is 10.0. The minimum Gasteiger partial charge on any atom is -0.497 e. The van der Waals surface area contributed by atoms with E-state index in [-0.39, 0.29) is 41.2 Å². The molecule has 1 N–H and O–H groups in total. The third-order valence-corrected chi connectivity index (χ3v) is 9.50. The lowest BCUT2D eigenvalue weighted by Crippen LogP contribution is -2.54.